The first kappa shape index (κ1) is 12.5. The number of pyridine rings is 1. The predicted molar refractivity (Wildman–Crippen MR) is 75.7 cm³/mol. The number of hydrogen-bond donors (Lipinski definition) is 0. The second-order valence-electron chi connectivity index (χ2n) is 4.81. The molecule has 5 heteroatoms. The Labute approximate surface area is 116 Å². The van der Waals surface area contributed by atoms with Crippen LogP contribution in [0, 0.1) is 5.92 Å². The number of ether oxygens (including phenoxy) is 1. The summed E-state index contributed by atoms with van der Waals surface area (Å²) in [7, 11) is 1.39. The summed E-state index contributed by atoms with van der Waals surface area (Å²) in [5, 5.41) is 0. The van der Waals surface area contributed by atoms with Crippen molar-refractivity contribution in [3.05, 3.63) is 35.9 Å². The number of fused-ring (bicyclic) bond motifs is 1. The minimum atomic E-state index is -0.308. The van der Waals surface area contributed by atoms with E-state index >= 15 is 0 Å². The molecule has 100 valence electrons. The zero-order valence-corrected chi connectivity index (χ0v) is 11.7. The summed E-state index contributed by atoms with van der Waals surface area (Å²) in [6.07, 6.45) is 6.02. The lowest BCUT2D eigenvalue weighted by atomic mass is 10.1. The van der Waals surface area contributed by atoms with Gasteiger partial charge in [-0.1, -0.05) is 0 Å². The van der Waals surface area contributed by atoms with Crippen LogP contribution in [0.2, 0.25) is 0 Å². The van der Waals surface area contributed by atoms with Crippen molar-refractivity contribution >= 4 is 23.2 Å². The van der Waals surface area contributed by atoms with Crippen molar-refractivity contribution in [2.24, 2.45) is 5.92 Å². The van der Waals surface area contributed by atoms with Crippen LogP contribution in [0.1, 0.15) is 22.6 Å². The van der Waals surface area contributed by atoms with Crippen LogP contribution in [0.25, 0.3) is 5.52 Å². The van der Waals surface area contributed by atoms with E-state index in [1.54, 1.807) is 6.07 Å². The molecule has 1 saturated heterocycles. The molecule has 0 N–H and O–H groups in total. The summed E-state index contributed by atoms with van der Waals surface area (Å²) < 4.78 is 6.79. The fourth-order valence-electron chi connectivity index (χ4n) is 2.45. The van der Waals surface area contributed by atoms with Crippen LogP contribution in [-0.2, 0) is 11.2 Å². The number of aromatic nitrogens is 2. The summed E-state index contributed by atoms with van der Waals surface area (Å²) in [5.74, 6) is 4.00. The van der Waals surface area contributed by atoms with E-state index in [0.29, 0.717) is 5.56 Å². The molecule has 4 nitrogen and oxygen atoms in total. The lowest BCUT2D eigenvalue weighted by Crippen LogP contribution is -2.07. The quantitative estimate of drug-likeness (QED) is 0.808. The Morgan fingerprint density at radius 3 is 3.26 bits per heavy atom. The van der Waals surface area contributed by atoms with E-state index in [9.17, 15) is 4.79 Å². The van der Waals surface area contributed by atoms with Crippen LogP contribution in [0.3, 0.4) is 0 Å². The average molecular weight is 276 g/mol. The first-order chi connectivity index (χ1) is 9.28. The summed E-state index contributed by atoms with van der Waals surface area (Å²) in [6, 6.07) is 3.61. The van der Waals surface area contributed by atoms with Gasteiger partial charge in [0, 0.05) is 12.6 Å². The Morgan fingerprint density at radius 1 is 1.63 bits per heavy atom. The molecule has 3 heterocycles. The summed E-state index contributed by atoms with van der Waals surface area (Å²) in [6.45, 7) is 0. The van der Waals surface area contributed by atoms with E-state index in [4.69, 9.17) is 4.74 Å². The molecule has 2 aromatic rings. The molecule has 1 atom stereocenters. The second kappa shape index (κ2) is 5.25. The molecule has 1 aliphatic heterocycles. The minimum absolute atomic E-state index is 0.308. The van der Waals surface area contributed by atoms with Crippen molar-refractivity contribution in [2.75, 3.05) is 18.6 Å². The Bertz CT molecular complexity index is 603. The fraction of sp³-hybridized carbons (Fsp3) is 0.429. The molecule has 19 heavy (non-hydrogen) atoms. The van der Waals surface area contributed by atoms with Gasteiger partial charge < -0.3 is 9.14 Å². The Balaban J connectivity index is 1.88. The highest BCUT2D eigenvalue weighted by molar-refractivity contribution is 7.99. The number of rotatable bonds is 3. The smallest absolute Gasteiger partial charge is 0.337 e. The number of imidazole rings is 1. The number of nitrogens with zero attached hydrogens (tertiary/aromatic N) is 2. The Morgan fingerprint density at radius 2 is 2.53 bits per heavy atom. The van der Waals surface area contributed by atoms with Crippen LogP contribution in [-0.4, -0.2) is 34.0 Å². The van der Waals surface area contributed by atoms with Crippen LogP contribution in [0.5, 0.6) is 0 Å². The van der Waals surface area contributed by atoms with Gasteiger partial charge in [-0.05, 0) is 36.0 Å². The number of thioether (sulfide) groups is 1. The third-order valence-electron chi connectivity index (χ3n) is 3.52. The molecule has 0 saturated carbocycles. The van der Waals surface area contributed by atoms with Gasteiger partial charge in [-0.25, -0.2) is 9.78 Å². The van der Waals surface area contributed by atoms with Crippen molar-refractivity contribution in [2.45, 2.75) is 12.8 Å². The molecule has 3 rings (SSSR count). The lowest BCUT2D eigenvalue weighted by Gasteiger charge is -2.07. The molecule has 0 amide bonds. The monoisotopic (exact) mass is 276 g/mol. The SMILES string of the molecule is COC(=O)c1ccn2c(CC3CCSC3)ncc2c1. The fourth-order valence-corrected chi connectivity index (χ4v) is 3.74. The topological polar surface area (TPSA) is 43.6 Å². The zero-order chi connectivity index (χ0) is 13.2. The van der Waals surface area contributed by atoms with Gasteiger partial charge in [-0.15, -0.1) is 0 Å². The van der Waals surface area contributed by atoms with E-state index < -0.39 is 0 Å². The third kappa shape index (κ3) is 2.47. The zero-order valence-electron chi connectivity index (χ0n) is 10.8. The Kier molecular flexibility index (Phi) is 3.46. The van der Waals surface area contributed by atoms with Gasteiger partial charge in [-0.3, -0.25) is 0 Å². The van der Waals surface area contributed by atoms with Gasteiger partial charge in [0.15, 0.2) is 0 Å². The van der Waals surface area contributed by atoms with Crippen LogP contribution in [0.15, 0.2) is 24.5 Å². The predicted octanol–water partition coefficient (Wildman–Crippen LogP) is 2.42. The molecule has 1 unspecified atom stereocenters. The molecule has 2 aromatic heterocycles. The van der Waals surface area contributed by atoms with Crippen molar-refractivity contribution < 1.29 is 9.53 Å². The third-order valence-corrected chi connectivity index (χ3v) is 4.76. The van der Waals surface area contributed by atoms with Gasteiger partial charge in [0.05, 0.1) is 24.4 Å². The van der Waals surface area contributed by atoms with Gasteiger partial charge in [0.25, 0.3) is 0 Å². The number of hydrogen-bond acceptors (Lipinski definition) is 4. The molecule has 1 aliphatic rings. The van der Waals surface area contributed by atoms with Crippen molar-refractivity contribution in [3.63, 3.8) is 0 Å². The van der Waals surface area contributed by atoms with Crippen LogP contribution >= 0.6 is 11.8 Å². The average Bonchev–Trinajstić information content (AvgIpc) is 3.08. The maximum atomic E-state index is 11.5. The Hall–Kier alpha value is -1.49. The van der Waals surface area contributed by atoms with E-state index in [1.807, 2.05) is 30.2 Å². The molecule has 0 bridgehead atoms. The molecular weight excluding hydrogens is 260 g/mol. The summed E-state index contributed by atoms with van der Waals surface area (Å²) >= 11 is 2.02. The first-order valence-electron chi connectivity index (χ1n) is 6.40. The highest BCUT2D eigenvalue weighted by Gasteiger charge is 2.18. The lowest BCUT2D eigenvalue weighted by molar-refractivity contribution is 0.0600. The second-order valence-corrected chi connectivity index (χ2v) is 5.96. The van der Waals surface area contributed by atoms with E-state index in [1.165, 1.54) is 25.0 Å². The highest BCUT2D eigenvalue weighted by atomic mass is 32.2. The van der Waals surface area contributed by atoms with Crippen molar-refractivity contribution in [1.29, 1.82) is 0 Å². The maximum Gasteiger partial charge on any atom is 0.337 e. The van der Waals surface area contributed by atoms with Gasteiger partial charge in [-0.2, -0.15) is 11.8 Å². The first-order valence-corrected chi connectivity index (χ1v) is 7.55. The largest absolute Gasteiger partial charge is 0.465 e. The van der Waals surface area contributed by atoms with Gasteiger partial charge in [0.2, 0.25) is 0 Å². The molecule has 0 radical (unpaired) electrons. The van der Waals surface area contributed by atoms with Gasteiger partial charge >= 0.3 is 5.97 Å². The van der Waals surface area contributed by atoms with E-state index in [0.717, 1.165) is 23.7 Å². The molecule has 0 spiro atoms. The number of carbonyl (C=O) groups is 1. The summed E-state index contributed by atoms with van der Waals surface area (Å²) in [4.78, 5) is 16.0. The number of esters is 1. The van der Waals surface area contributed by atoms with Crippen molar-refractivity contribution in [1.82, 2.24) is 9.38 Å². The standard InChI is InChI=1S/C14H16N2O2S/c1-18-14(17)11-2-4-16-12(7-11)8-15-13(16)6-10-3-5-19-9-10/h2,4,7-8,10H,3,5-6,9H2,1H3. The van der Waals surface area contributed by atoms with E-state index in [2.05, 4.69) is 9.38 Å². The molecule has 1 fully saturated rings. The molecule has 0 aromatic carbocycles. The van der Waals surface area contributed by atoms with Gasteiger partial charge in [0.1, 0.15) is 5.82 Å². The molecule has 0 aliphatic carbocycles. The maximum absolute atomic E-state index is 11.5. The van der Waals surface area contributed by atoms with Crippen LogP contribution < -0.4 is 0 Å². The van der Waals surface area contributed by atoms with Crippen LogP contribution in [0.4, 0.5) is 0 Å². The molecular formula is C14H16N2O2S. The van der Waals surface area contributed by atoms with E-state index in [-0.39, 0.29) is 5.97 Å². The minimum Gasteiger partial charge on any atom is -0.465 e. The summed E-state index contributed by atoms with van der Waals surface area (Å²) in [5.41, 5.74) is 1.52. The highest BCUT2D eigenvalue weighted by Crippen LogP contribution is 2.26. The normalized spacial score (nSPS) is 18.9. The number of carbonyl (C=O) groups excluding carboxylic acids is 1. The number of methoxy groups -OCH3 is 1. The van der Waals surface area contributed by atoms with Crippen molar-refractivity contribution in [3.8, 4) is 0 Å².